The monoisotopic (exact) mass is 417 g/mol. The van der Waals surface area contributed by atoms with Crippen molar-refractivity contribution >= 4 is 23.4 Å². The van der Waals surface area contributed by atoms with Crippen LogP contribution in [0, 0.1) is 17.8 Å². The standard InChI is InChI=1S/C25H23NO5/c1-3-26-24(30)16-9-8-15-17(21(16)25(26)31)11-18-22(19(28)10-12(2)23(18)29)20(15)13-4-6-14(27)7-5-13/h4-8,10,16-17,20-21,27H,3,9,11H2,1-2H3/t16-,17+,20-,21-/m0/s1. The molecule has 6 heteroatoms. The smallest absolute Gasteiger partial charge is 0.233 e. The van der Waals surface area contributed by atoms with Gasteiger partial charge >= 0.3 is 0 Å². The number of hydrogen-bond acceptors (Lipinski definition) is 5. The summed E-state index contributed by atoms with van der Waals surface area (Å²) in [5.41, 5.74) is 3.04. The van der Waals surface area contributed by atoms with E-state index >= 15 is 0 Å². The molecule has 0 aromatic heterocycles. The van der Waals surface area contributed by atoms with Crippen LogP contribution in [0.1, 0.15) is 38.2 Å². The number of phenolic OH excluding ortho intramolecular Hbond substituents is 1. The van der Waals surface area contributed by atoms with Crippen LogP contribution < -0.4 is 0 Å². The molecule has 31 heavy (non-hydrogen) atoms. The van der Waals surface area contributed by atoms with Gasteiger partial charge < -0.3 is 5.11 Å². The van der Waals surface area contributed by atoms with Gasteiger partial charge in [0.2, 0.25) is 11.8 Å². The first-order valence-corrected chi connectivity index (χ1v) is 10.7. The van der Waals surface area contributed by atoms with E-state index < -0.39 is 17.8 Å². The Bertz CT molecular complexity index is 1140. The normalized spacial score (nSPS) is 30.1. The molecule has 1 fully saturated rings. The fourth-order valence-electron chi connectivity index (χ4n) is 5.81. The molecule has 0 spiro atoms. The molecule has 0 saturated carbocycles. The fraction of sp³-hybridized carbons (Fsp3) is 0.360. The van der Waals surface area contributed by atoms with Crippen molar-refractivity contribution in [2.45, 2.75) is 32.6 Å². The van der Waals surface area contributed by atoms with E-state index in [1.54, 1.807) is 38.1 Å². The van der Waals surface area contributed by atoms with E-state index in [0.717, 1.165) is 11.1 Å². The van der Waals surface area contributed by atoms with E-state index in [9.17, 15) is 24.3 Å². The van der Waals surface area contributed by atoms with Crippen molar-refractivity contribution in [1.29, 1.82) is 0 Å². The van der Waals surface area contributed by atoms with Crippen LogP contribution in [-0.2, 0) is 19.2 Å². The van der Waals surface area contributed by atoms with Crippen molar-refractivity contribution < 1.29 is 24.3 Å². The molecule has 6 nitrogen and oxygen atoms in total. The van der Waals surface area contributed by atoms with Crippen molar-refractivity contribution in [2.24, 2.45) is 17.8 Å². The van der Waals surface area contributed by atoms with Gasteiger partial charge in [-0.05, 0) is 56.4 Å². The van der Waals surface area contributed by atoms with Crippen molar-refractivity contribution in [2.75, 3.05) is 6.54 Å². The number of nitrogens with zero attached hydrogens (tertiary/aromatic N) is 1. The molecule has 4 atom stereocenters. The van der Waals surface area contributed by atoms with Crippen LogP contribution in [0.3, 0.4) is 0 Å². The lowest BCUT2D eigenvalue weighted by Gasteiger charge is -2.42. The van der Waals surface area contributed by atoms with Crippen molar-refractivity contribution in [1.82, 2.24) is 4.90 Å². The first-order chi connectivity index (χ1) is 14.8. The molecule has 2 amide bonds. The topological polar surface area (TPSA) is 91.8 Å². The van der Waals surface area contributed by atoms with Crippen molar-refractivity contribution in [3.63, 3.8) is 0 Å². The van der Waals surface area contributed by atoms with Gasteiger partial charge in [0.05, 0.1) is 11.8 Å². The zero-order valence-electron chi connectivity index (χ0n) is 17.4. The maximum atomic E-state index is 13.2. The zero-order valence-corrected chi connectivity index (χ0v) is 17.4. The number of carbonyl (C=O) groups is 4. The third kappa shape index (κ3) is 2.70. The minimum Gasteiger partial charge on any atom is -0.508 e. The second-order valence-corrected chi connectivity index (χ2v) is 8.74. The lowest BCUT2D eigenvalue weighted by molar-refractivity contribution is -0.139. The number of aromatic hydroxyl groups is 1. The molecule has 1 N–H and O–H groups in total. The number of carbonyl (C=O) groups excluding carboxylic acids is 4. The van der Waals surface area contributed by atoms with Gasteiger partial charge in [0.25, 0.3) is 0 Å². The minimum absolute atomic E-state index is 0.111. The highest BCUT2D eigenvalue weighted by molar-refractivity contribution is 6.23. The Balaban J connectivity index is 1.69. The number of rotatable bonds is 2. The number of allylic oxidation sites excluding steroid dienone is 6. The molecule has 1 aromatic carbocycles. The van der Waals surface area contributed by atoms with Gasteiger partial charge in [0.15, 0.2) is 11.6 Å². The maximum Gasteiger partial charge on any atom is 0.233 e. The highest BCUT2D eigenvalue weighted by atomic mass is 16.3. The molecule has 4 aliphatic rings. The second kappa shape index (κ2) is 6.87. The number of fused-ring (bicyclic) bond motifs is 3. The molecule has 0 radical (unpaired) electrons. The van der Waals surface area contributed by atoms with E-state index in [-0.39, 0.29) is 35.0 Å². The Morgan fingerprint density at radius 2 is 1.74 bits per heavy atom. The molecular formula is C25H23NO5. The van der Waals surface area contributed by atoms with Gasteiger partial charge in [-0.1, -0.05) is 23.8 Å². The summed E-state index contributed by atoms with van der Waals surface area (Å²) < 4.78 is 0. The van der Waals surface area contributed by atoms with Gasteiger partial charge in [0.1, 0.15) is 5.75 Å². The van der Waals surface area contributed by atoms with Crippen LogP contribution in [0.2, 0.25) is 0 Å². The van der Waals surface area contributed by atoms with Crippen LogP contribution in [0.5, 0.6) is 5.75 Å². The van der Waals surface area contributed by atoms with E-state index in [4.69, 9.17) is 0 Å². The number of Topliss-reactive ketones (excluding diaryl/α,β-unsaturated/α-hetero) is 1. The number of phenols is 1. The van der Waals surface area contributed by atoms with Gasteiger partial charge in [-0.15, -0.1) is 0 Å². The minimum atomic E-state index is -0.504. The number of likely N-dealkylation sites (tertiary alicyclic amines) is 1. The second-order valence-electron chi connectivity index (χ2n) is 8.74. The Kier molecular flexibility index (Phi) is 4.36. The van der Waals surface area contributed by atoms with Crippen molar-refractivity contribution in [3.8, 4) is 5.75 Å². The summed E-state index contributed by atoms with van der Waals surface area (Å²) in [6.45, 7) is 3.76. The fourth-order valence-corrected chi connectivity index (χ4v) is 5.81. The van der Waals surface area contributed by atoms with Crippen LogP contribution in [0.4, 0.5) is 0 Å². The Morgan fingerprint density at radius 1 is 1.03 bits per heavy atom. The van der Waals surface area contributed by atoms with Gasteiger partial charge in [-0.2, -0.15) is 0 Å². The molecule has 0 bridgehead atoms. The predicted octanol–water partition coefficient (Wildman–Crippen LogP) is 2.84. The quantitative estimate of drug-likeness (QED) is 0.454. The molecule has 3 aliphatic carbocycles. The Hall–Kier alpha value is -3.28. The van der Waals surface area contributed by atoms with Gasteiger partial charge in [-0.25, -0.2) is 0 Å². The van der Waals surface area contributed by atoms with Crippen LogP contribution in [0.15, 0.2) is 58.7 Å². The van der Waals surface area contributed by atoms with E-state index in [1.807, 2.05) is 6.08 Å². The highest BCUT2D eigenvalue weighted by Crippen LogP contribution is 2.55. The van der Waals surface area contributed by atoms with E-state index in [0.29, 0.717) is 36.1 Å². The summed E-state index contributed by atoms with van der Waals surface area (Å²) in [5.74, 6) is -2.23. The molecule has 1 aromatic rings. The Morgan fingerprint density at radius 3 is 2.42 bits per heavy atom. The third-order valence-electron chi connectivity index (χ3n) is 7.20. The number of imide groups is 1. The van der Waals surface area contributed by atoms with E-state index in [2.05, 4.69) is 0 Å². The highest BCUT2D eigenvalue weighted by Gasteiger charge is 2.55. The molecule has 1 heterocycles. The lowest BCUT2D eigenvalue weighted by Crippen LogP contribution is -2.39. The first-order valence-electron chi connectivity index (χ1n) is 10.7. The van der Waals surface area contributed by atoms with Crippen LogP contribution in [-0.4, -0.2) is 39.9 Å². The van der Waals surface area contributed by atoms with Crippen LogP contribution >= 0.6 is 0 Å². The number of amides is 2. The molecule has 0 unspecified atom stereocenters. The third-order valence-corrected chi connectivity index (χ3v) is 7.20. The number of hydrogen-bond donors (Lipinski definition) is 1. The average Bonchev–Trinajstić information content (AvgIpc) is 3.01. The largest absolute Gasteiger partial charge is 0.508 e. The predicted molar refractivity (Wildman–Crippen MR) is 112 cm³/mol. The first kappa shape index (κ1) is 19.7. The van der Waals surface area contributed by atoms with Gasteiger partial charge in [-0.3, -0.25) is 24.1 Å². The maximum absolute atomic E-state index is 13.2. The summed E-state index contributed by atoms with van der Waals surface area (Å²) in [5, 5.41) is 9.75. The summed E-state index contributed by atoms with van der Waals surface area (Å²) in [4.78, 5) is 53.4. The van der Waals surface area contributed by atoms with E-state index in [1.165, 1.54) is 11.0 Å². The Labute approximate surface area is 179 Å². The molecular weight excluding hydrogens is 394 g/mol. The molecule has 1 aliphatic heterocycles. The SMILES string of the molecule is CCN1C(=O)[C@H]2[C@H](CC=C3[C@H](c4ccc(O)cc4)C4=C(C[C@H]32)C(=O)C(C)=CC4=O)C1=O. The van der Waals surface area contributed by atoms with Gasteiger partial charge in [0, 0.05) is 29.2 Å². The van der Waals surface area contributed by atoms with Crippen molar-refractivity contribution in [3.05, 3.63) is 64.3 Å². The number of benzene rings is 1. The number of ketones is 2. The molecule has 158 valence electrons. The van der Waals surface area contributed by atoms with Crippen LogP contribution in [0.25, 0.3) is 0 Å². The average molecular weight is 417 g/mol. The molecule has 5 rings (SSSR count). The summed E-state index contributed by atoms with van der Waals surface area (Å²) in [7, 11) is 0. The summed E-state index contributed by atoms with van der Waals surface area (Å²) in [6, 6.07) is 6.63. The summed E-state index contributed by atoms with van der Waals surface area (Å²) in [6.07, 6.45) is 4.14. The summed E-state index contributed by atoms with van der Waals surface area (Å²) >= 11 is 0. The lowest BCUT2D eigenvalue weighted by atomic mass is 9.59. The zero-order chi connectivity index (χ0) is 22.0. The molecule has 1 saturated heterocycles.